The van der Waals surface area contributed by atoms with E-state index >= 15 is 4.39 Å². The number of benzene rings is 2. The number of rotatable bonds is 10. The number of ether oxygens (including phenoxy) is 1. The molecule has 6 rings (SSSR count). The highest BCUT2D eigenvalue weighted by molar-refractivity contribution is 6.36. The Kier molecular flexibility index (Phi) is 8.45. The fourth-order valence-corrected chi connectivity index (χ4v) is 6.39. The molecule has 1 saturated heterocycles. The van der Waals surface area contributed by atoms with E-state index in [0.29, 0.717) is 41.4 Å². The van der Waals surface area contributed by atoms with Crippen molar-refractivity contribution in [1.82, 2.24) is 19.9 Å². The van der Waals surface area contributed by atoms with Gasteiger partial charge >= 0.3 is 6.01 Å². The van der Waals surface area contributed by atoms with E-state index in [9.17, 15) is 4.79 Å². The number of carbonyl (C=O) groups is 1. The molecule has 224 valence electrons. The quantitative estimate of drug-likeness (QED) is 0.167. The van der Waals surface area contributed by atoms with Gasteiger partial charge in [-0.05, 0) is 49.6 Å². The fourth-order valence-electron chi connectivity index (χ4n) is 6.11. The molecule has 0 atom stereocenters. The van der Waals surface area contributed by atoms with Gasteiger partial charge in [-0.3, -0.25) is 9.78 Å². The number of aliphatic hydroxyl groups is 1. The molecule has 1 saturated carbocycles. The minimum absolute atomic E-state index is 0.0312. The summed E-state index contributed by atoms with van der Waals surface area (Å²) in [5.74, 6) is 0.0135. The monoisotopic (exact) mass is 603 g/mol. The van der Waals surface area contributed by atoms with Crippen LogP contribution in [0.25, 0.3) is 32.9 Å². The molecule has 0 radical (unpaired) electrons. The standard InChI is InChI=1S/C33H35ClFN5O3/c1-43-32-37-30-24(20-36-29(28(30)35)23-12-8-10-22-11-9-13-25(34)27(22)23)31(38-32)39-17-18-40(33(21-39)15-16-33)26(42)14-6-4-2-3-5-7-19-41/h6,8-14,20,41H,2-5,7,15-19,21H2,1H3/b14-6+. The third kappa shape index (κ3) is 5.76. The third-order valence-corrected chi connectivity index (χ3v) is 8.83. The molecule has 10 heteroatoms. The number of pyridine rings is 1. The Morgan fingerprint density at radius 1 is 1.12 bits per heavy atom. The van der Waals surface area contributed by atoms with Gasteiger partial charge in [0, 0.05) is 48.4 Å². The first-order valence-electron chi connectivity index (χ1n) is 14.9. The van der Waals surface area contributed by atoms with Gasteiger partial charge in [0.1, 0.15) is 17.0 Å². The van der Waals surface area contributed by atoms with Crippen molar-refractivity contribution < 1.29 is 19.0 Å². The predicted molar refractivity (Wildman–Crippen MR) is 167 cm³/mol. The average Bonchev–Trinajstić information content (AvgIpc) is 3.79. The number of piperazine rings is 1. The van der Waals surface area contributed by atoms with Crippen LogP contribution >= 0.6 is 11.6 Å². The van der Waals surface area contributed by atoms with Gasteiger partial charge in [0.2, 0.25) is 5.91 Å². The van der Waals surface area contributed by atoms with E-state index in [1.807, 2.05) is 41.3 Å². The van der Waals surface area contributed by atoms with Crippen LogP contribution in [0.1, 0.15) is 44.9 Å². The molecule has 1 aliphatic heterocycles. The van der Waals surface area contributed by atoms with E-state index in [2.05, 4.69) is 19.9 Å². The number of aliphatic hydroxyl groups excluding tert-OH is 1. The molecule has 43 heavy (non-hydrogen) atoms. The second-order valence-corrected chi connectivity index (χ2v) is 11.7. The van der Waals surface area contributed by atoms with Gasteiger partial charge in [-0.25, -0.2) is 4.39 Å². The normalized spacial score (nSPS) is 16.1. The Bertz CT molecular complexity index is 1690. The molecule has 2 aliphatic rings. The van der Waals surface area contributed by atoms with Gasteiger partial charge in [0.25, 0.3) is 0 Å². The van der Waals surface area contributed by atoms with Crippen LogP contribution in [0.15, 0.2) is 54.7 Å². The minimum Gasteiger partial charge on any atom is -0.467 e. The Balaban J connectivity index is 1.27. The maximum Gasteiger partial charge on any atom is 0.318 e. The maximum absolute atomic E-state index is 16.3. The van der Waals surface area contributed by atoms with Gasteiger partial charge in [-0.1, -0.05) is 60.9 Å². The summed E-state index contributed by atoms with van der Waals surface area (Å²) in [6.07, 6.45) is 11.8. The van der Waals surface area contributed by atoms with Gasteiger partial charge in [-0.15, -0.1) is 0 Å². The van der Waals surface area contributed by atoms with Crippen molar-refractivity contribution in [2.75, 3.05) is 38.3 Å². The first-order chi connectivity index (χ1) is 21.0. The fraction of sp³-hybridized carbons (Fsp3) is 0.394. The van der Waals surface area contributed by atoms with Crippen molar-refractivity contribution in [3.05, 3.63) is 65.6 Å². The largest absolute Gasteiger partial charge is 0.467 e. The first kappa shape index (κ1) is 29.3. The number of amides is 1. The SMILES string of the molecule is COc1nc(N2CCN(C(=O)/C=C/CCCCCCO)C3(CC3)C2)c2cnc(-c3cccc4cccc(Cl)c34)c(F)c2n1. The molecule has 1 N–H and O–H groups in total. The minimum atomic E-state index is -0.566. The maximum atomic E-state index is 16.3. The number of anilines is 1. The predicted octanol–water partition coefficient (Wildman–Crippen LogP) is 6.33. The average molecular weight is 604 g/mol. The van der Waals surface area contributed by atoms with E-state index in [0.717, 1.165) is 55.7 Å². The van der Waals surface area contributed by atoms with Crippen LogP contribution in [0.4, 0.5) is 10.2 Å². The number of allylic oxidation sites excluding steroid dienone is 1. The van der Waals surface area contributed by atoms with Crippen LogP contribution in [-0.4, -0.2) is 69.8 Å². The Morgan fingerprint density at radius 3 is 2.67 bits per heavy atom. The number of aromatic nitrogens is 3. The molecule has 1 aliphatic carbocycles. The van der Waals surface area contributed by atoms with Crippen molar-refractivity contribution in [3.63, 3.8) is 0 Å². The molecular weight excluding hydrogens is 569 g/mol. The Morgan fingerprint density at radius 2 is 1.91 bits per heavy atom. The van der Waals surface area contributed by atoms with Crippen LogP contribution in [0.3, 0.4) is 0 Å². The lowest BCUT2D eigenvalue weighted by Crippen LogP contribution is -2.57. The number of methoxy groups -OCH3 is 1. The van der Waals surface area contributed by atoms with Gasteiger partial charge in [-0.2, -0.15) is 9.97 Å². The number of unbranched alkanes of at least 4 members (excludes halogenated alkanes) is 4. The zero-order valence-electron chi connectivity index (χ0n) is 24.2. The zero-order valence-corrected chi connectivity index (χ0v) is 25.0. The molecule has 0 bridgehead atoms. The third-order valence-electron chi connectivity index (χ3n) is 8.52. The van der Waals surface area contributed by atoms with E-state index < -0.39 is 5.82 Å². The summed E-state index contributed by atoms with van der Waals surface area (Å²) in [4.78, 5) is 30.8. The smallest absolute Gasteiger partial charge is 0.318 e. The van der Waals surface area contributed by atoms with Crippen molar-refractivity contribution in [3.8, 4) is 17.3 Å². The molecule has 4 aromatic rings. The first-order valence-corrected chi connectivity index (χ1v) is 15.3. The molecule has 3 heterocycles. The van der Waals surface area contributed by atoms with Crippen LogP contribution in [0.5, 0.6) is 6.01 Å². The van der Waals surface area contributed by atoms with Crippen molar-refractivity contribution in [2.45, 2.75) is 50.5 Å². The molecular formula is C33H35ClFN5O3. The number of hydrogen-bond acceptors (Lipinski definition) is 7. The second-order valence-electron chi connectivity index (χ2n) is 11.3. The van der Waals surface area contributed by atoms with Crippen LogP contribution < -0.4 is 9.64 Å². The van der Waals surface area contributed by atoms with Crippen molar-refractivity contribution >= 4 is 45.0 Å². The topological polar surface area (TPSA) is 91.7 Å². The van der Waals surface area contributed by atoms with Gasteiger partial charge in [0.15, 0.2) is 5.82 Å². The van der Waals surface area contributed by atoms with Crippen molar-refractivity contribution in [2.24, 2.45) is 0 Å². The second kappa shape index (κ2) is 12.4. The van der Waals surface area contributed by atoms with E-state index in [-0.39, 0.29) is 35.3 Å². The van der Waals surface area contributed by atoms with E-state index in [1.54, 1.807) is 18.3 Å². The molecule has 2 aromatic heterocycles. The Hall–Kier alpha value is -3.82. The number of carbonyl (C=O) groups excluding carboxylic acids is 1. The van der Waals surface area contributed by atoms with Crippen LogP contribution in [0.2, 0.25) is 5.02 Å². The molecule has 1 amide bonds. The number of fused-ring (bicyclic) bond motifs is 2. The number of hydrogen-bond donors (Lipinski definition) is 1. The lowest BCUT2D eigenvalue weighted by Gasteiger charge is -2.42. The van der Waals surface area contributed by atoms with E-state index in [1.165, 1.54) is 7.11 Å². The van der Waals surface area contributed by atoms with Gasteiger partial charge in [0.05, 0.1) is 18.0 Å². The van der Waals surface area contributed by atoms with Crippen molar-refractivity contribution in [1.29, 1.82) is 0 Å². The molecule has 2 aromatic carbocycles. The summed E-state index contributed by atoms with van der Waals surface area (Å²) in [5.41, 5.74) is 0.606. The highest BCUT2D eigenvalue weighted by Gasteiger charge is 2.53. The molecule has 8 nitrogen and oxygen atoms in total. The summed E-state index contributed by atoms with van der Waals surface area (Å²) >= 11 is 6.54. The summed E-state index contributed by atoms with van der Waals surface area (Å²) in [7, 11) is 1.47. The van der Waals surface area contributed by atoms with Crippen LogP contribution in [0, 0.1) is 5.82 Å². The summed E-state index contributed by atoms with van der Waals surface area (Å²) in [6, 6.07) is 11.2. The number of halogens is 2. The molecule has 2 fully saturated rings. The Labute approximate surface area is 255 Å². The van der Waals surface area contributed by atoms with Crippen LogP contribution in [-0.2, 0) is 4.79 Å². The lowest BCUT2D eigenvalue weighted by molar-refractivity contribution is -0.129. The molecule has 0 unspecified atom stereocenters. The highest BCUT2D eigenvalue weighted by atomic mass is 35.5. The van der Waals surface area contributed by atoms with Gasteiger partial charge < -0.3 is 19.6 Å². The highest BCUT2D eigenvalue weighted by Crippen LogP contribution is 2.46. The van der Waals surface area contributed by atoms with E-state index in [4.69, 9.17) is 21.4 Å². The zero-order chi connectivity index (χ0) is 30.0. The molecule has 1 spiro atoms. The summed E-state index contributed by atoms with van der Waals surface area (Å²) < 4.78 is 21.7. The summed E-state index contributed by atoms with van der Waals surface area (Å²) in [6.45, 7) is 1.90. The summed E-state index contributed by atoms with van der Waals surface area (Å²) in [5, 5.41) is 11.5. The lowest BCUT2D eigenvalue weighted by atomic mass is 10.0. The number of nitrogens with zero attached hydrogens (tertiary/aromatic N) is 5.